The van der Waals surface area contributed by atoms with Crippen molar-refractivity contribution < 1.29 is 24.2 Å². The monoisotopic (exact) mass is 480 g/mol. The van der Waals surface area contributed by atoms with Crippen LogP contribution in [0.1, 0.15) is 40.5 Å². The Hall–Kier alpha value is -3.36. The highest BCUT2D eigenvalue weighted by molar-refractivity contribution is 7.13. The highest BCUT2D eigenvalue weighted by Gasteiger charge is 2.20. The van der Waals surface area contributed by atoms with Crippen LogP contribution in [0.5, 0.6) is 5.75 Å². The lowest BCUT2D eigenvalue weighted by molar-refractivity contribution is 0.0698. The van der Waals surface area contributed by atoms with Crippen molar-refractivity contribution in [1.82, 2.24) is 0 Å². The molecule has 0 bridgehead atoms. The molecule has 0 unspecified atom stereocenters. The molecule has 3 aromatic rings. The summed E-state index contributed by atoms with van der Waals surface area (Å²) in [4.78, 5) is 28.5. The lowest BCUT2D eigenvalue weighted by Crippen LogP contribution is -2.36. The van der Waals surface area contributed by atoms with Gasteiger partial charge in [0.15, 0.2) is 0 Å². The summed E-state index contributed by atoms with van der Waals surface area (Å²) < 4.78 is 11.4. The van der Waals surface area contributed by atoms with E-state index in [9.17, 15) is 14.7 Å². The first-order chi connectivity index (χ1) is 16.6. The van der Waals surface area contributed by atoms with Crippen molar-refractivity contribution in [1.29, 1.82) is 0 Å². The van der Waals surface area contributed by atoms with Crippen LogP contribution in [0, 0.1) is 0 Å². The van der Waals surface area contributed by atoms with Crippen LogP contribution in [0.25, 0.3) is 10.4 Å². The molecule has 1 aliphatic rings. The van der Waals surface area contributed by atoms with Crippen LogP contribution in [0.15, 0.2) is 53.9 Å². The van der Waals surface area contributed by atoms with Crippen LogP contribution in [0.4, 0.5) is 11.4 Å². The molecular weight excluding hydrogens is 452 g/mol. The number of morpholine rings is 1. The highest BCUT2D eigenvalue weighted by Crippen LogP contribution is 2.31. The number of ether oxygens (including phenoxy) is 2. The van der Waals surface area contributed by atoms with Gasteiger partial charge in [0.1, 0.15) is 5.75 Å². The van der Waals surface area contributed by atoms with E-state index in [0.29, 0.717) is 31.1 Å². The van der Waals surface area contributed by atoms with Gasteiger partial charge in [0, 0.05) is 23.7 Å². The van der Waals surface area contributed by atoms with E-state index in [1.807, 2.05) is 35.7 Å². The summed E-state index contributed by atoms with van der Waals surface area (Å²) in [6.07, 6.45) is 1.85. The van der Waals surface area contributed by atoms with Crippen LogP contribution in [0.2, 0.25) is 0 Å². The molecule has 0 spiro atoms. The first-order valence-electron chi connectivity index (χ1n) is 11.4. The normalized spacial score (nSPS) is 13.5. The van der Waals surface area contributed by atoms with Gasteiger partial charge in [-0.1, -0.05) is 25.5 Å². The number of anilines is 2. The maximum atomic E-state index is 13.5. The molecule has 2 N–H and O–H groups in total. The number of carboxylic acid groups (broad SMARTS) is 1. The zero-order valence-corrected chi connectivity index (χ0v) is 19.9. The molecule has 7 nitrogen and oxygen atoms in total. The quantitative estimate of drug-likeness (QED) is 0.400. The highest BCUT2D eigenvalue weighted by atomic mass is 32.1. The van der Waals surface area contributed by atoms with Crippen LogP contribution in [0.3, 0.4) is 0 Å². The van der Waals surface area contributed by atoms with E-state index in [4.69, 9.17) is 9.47 Å². The van der Waals surface area contributed by atoms with E-state index >= 15 is 0 Å². The van der Waals surface area contributed by atoms with E-state index in [0.717, 1.165) is 42.1 Å². The molecule has 178 valence electrons. The predicted octanol–water partition coefficient (Wildman–Crippen LogP) is 5.38. The molecule has 0 aliphatic carbocycles. The summed E-state index contributed by atoms with van der Waals surface area (Å²) in [7, 11) is 0. The predicted molar refractivity (Wildman–Crippen MR) is 135 cm³/mol. The zero-order chi connectivity index (χ0) is 23.9. The SMILES string of the molecule is CCCCOc1ccc(N2CCOCC2)cc1C(=O)Nc1cc(-c2cccs2)ccc1C(=O)O. The summed E-state index contributed by atoms with van der Waals surface area (Å²) >= 11 is 1.55. The Morgan fingerprint density at radius 2 is 1.94 bits per heavy atom. The second-order valence-corrected chi connectivity index (χ2v) is 8.93. The van der Waals surface area contributed by atoms with Gasteiger partial charge >= 0.3 is 5.97 Å². The average molecular weight is 481 g/mol. The number of aromatic carboxylic acids is 1. The van der Waals surface area contributed by atoms with Crippen molar-refractivity contribution in [2.75, 3.05) is 43.1 Å². The molecule has 1 amide bonds. The summed E-state index contributed by atoms with van der Waals surface area (Å²) in [6, 6.07) is 14.4. The number of hydrogen-bond acceptors (Lipinski definition) is 6. The molecule has 1 aliphatic heterocycles. The zero-order valence-electron chi connectivity index (χ0n) is 19.1. The molecule has 1 saturated heterocycles. The van der Waals surface area contributed by atoms with Crippen molar-refractivity contribution >= 4 is 34.6 Å². The van der Waals surface area contributed by atoms with Gasteiger partial charge in [0.05, 0.1) is 36.6 Å². The first-order valence-corrected chi connectivity index (χ1v) is 12.3. The molecule has 2 heterocycles. The van der Waals surface area contributed by atoms with Crippen molar-refractivity contribution in [3.63, 3.8) is 0 Å². The molecule has 2 aromatic carbocycles. The molecule has 34 heavy (non-hydrogen) atoms. The van der Waals surface area contributed by atoms with Crippen LogP contribution < -0.4 is 15.0 Å². The number of nitrogens with one attached hydrogen (secondary N) is 1. The summed E-state index contributed by atoms with van der Waals surface area (Å²) in [5, 5.41) is 14.5. The fourth-order valence-corrected chi connectivity index (χ4v) is 4.51. The second-order valence-electron chi connectivity index (χ2n) is 7.98. The number of carbonyl (C=O) groups is 2. The summed E-state index contributed by atoms with van der Waals surface area (Å²) in [6.45, 7) is 5.32. The van der Waals surface area contributed by atoms with Gasteiger partial charge in [-0.2, -0.15) is 0 Å². The fraction of sp³-hybridized carbons (Fsp3) is 0.308. The van der Waals surface area contributed by atoms with Crippen LogP contribution in [-0.2, 0) is 4.74 Å². The Morgan fingerprint density at radius 1 is 1.12 bits per heavy atom. The van der Waals surface area contributed by atoms with Crippen molar-refractivity contribution in [2.45, 2.75) is 19.8 Å². The van der Waals surface area contributed by atoms with Crippen LogP contribution >= 0.6 is 11.3 Å². The second kappa shape index (κ2) is 11.2. The number of rotatable bonds is 9. The minimum Gasteiger partial charge on any atom is -0.493 e. The van der Waals surface area contributed by atoms with Gasteiger partial charge in [-0.15, -0.1) is 11.3 Å². The third-order valence-electron chi connectivity index (χ3n) is 5.64. The van der Waals surface area contributed by atoms with E-state index < -0.39 is 11.9 Å². The number of carboxylic acids is 1. The smallest absolute Gasteiger partial charge is 0.337 e. The Balaban J connectivity index is 1.66. The van der Waals surface area contributed by atoms with Gasteiger partial charge in [0.25, 0.3) is 5.91 Å². The lowest BCUT2D eigenvalue weighted by Gasteiger charge is -2.29. The van der Waals surface area contributed by atoms with Crippen LogP contribution in [-0.4, -0.2) is 49.9 Å². The number of benzene rings is 2. The minimum absolute atomic E-state index is 0.0337. The standard InChI is InChI=1S/C26H28N2O5S/c1-2-3-12-33-23-9-7-19(28-10-13-32-14-11-28)17-21(23)25(29)27-22-16-18(24-5-4-15-34-24)6-8-20(22)26(30)31/h4-9,15-17H,2-3,10-14H2,1H3,(H,27,29)(H,30,31). The Kier molecular flexibility index (Phi) is 7.82. The molecule has 0 atom stereocenters. The van der Waals surface area contributed by atoms with Gasteiger partial charge in [-0.3, -0.25) is 4.79 Å². The molecule has 4 rings (SSSR count). The van der Waals surface area contributed by atoms with Gasteiger partial charge < -0.3 is 24.8 Å². The maximum absolute atomic E-state index is 13.5. The molecule has 0 saturated carbocycles. The fourth-order valence-electron chi connectivity index (χ4n) is 3.79. The number of unbranched alkanes of at least 4 members (excludes halogenated alkanes) is 1. The van der Waals surface area contributed by atoms with Gasteiger partial charge in [-0.25, -0.2) is 4.79 Å². The van der Waals surface area contributed by atoms with E-state index in [2.05, 4.69) is 17.1 Å². The lowest BCUT2D eigenvalue weighted by atomic mass is 10.1. The van der Waals surface area contributed by atoms with Gasteiger partial charge in [0.2, 0.25) is 0 Å². The largest absolute Gasteiger partial charge is 0.493 e. The summed E-state index contributed by atoms with van der Waals surface area (Å²) in [5.74, 6) is -1.03. The Labute approximate surface area is 202 Å². The van der Waals surface area contributed by atoms with Gasteiger partial charge in [-0.05, 0) is 53.8 Å². The first kappa shape index (κ1) is 23.8. The van der Waals surface area contributed by atoms with Crippen molar-refractivity contribution in [2.24, 2.45) is 0 Å². The molecule has 0 radical (unpaired) electrons. The molecule has 1 aromatic heterocycles. The number of carbonyl (C=O) groups excluding carboxylic acids is 1. The molecule has 1 fully saturated rings. The van der Waals surface area contributed by atoms with Crippen molar-refractivity contribution in [3.8, 4) is 16.2 Å². The summed E-state index contributed by atoms with van der Waals surface area (Å²) in [5.41, 5.74) is 2.41. The number of thiophene rings is 1. The number of amides is 1. The van der Waals surface area contributed by atoms with Crippen molar-refractivity contribution in [3.05, 3.63) is 65.0 Å². The maximum Gasteiger partial charge on any atom is 0.337 e. The molecule has 8 heteroatoms. The third kappa shape index (κ3) is 5.58. The van der Waals surface area contributed by atoms with E-state index in [-0.39, 0.29) is 11.3 Å². The minimum atomic E-state index is -1.10. The topological polar surface area (TPSA) is 88.1 Å². The Bertz CT molecular complexity index is 1140. The third-order valence-corrected chi connectivity index (χ3v) is 6.56. The Morgan fingerprint density at radius 3 is 2.65 bits per heavy atom. The molecular formula is C26H28N2O5S. The average Bonchev–Trinajstić information content (AvgIpc) is 3.40. The van der Waals surface area contributed by atoms with E-state index in [1.54, 1.807) is 23.5 Å². The van der Waals surface area contributed by atoms with E-state index in [1.165, 1.54) is 6.07 Å². The number of hydrogen-bond donors (Lipinski definition) is 2. The number of nitrogens with zero attached hydrogens (tertiary/aromatic N) is 1.